The molecule has 2 aromatic rings. The summed E-state index contributed by atoms with van der Waals surface area (Å²) in [5.74, 6) is 0.149. The number of benzene rings is 1. The van der Waals surface area contributed by atoms with Gasteiger partial charge in [-0.05, 0) is 30.5 Å². The Labute approximate surface area is 170 Å². The summed E-state index contributed by atoms with van der Waals surface area (Å²) in [6.45, 7) is 1.44. The number of ether oxygens (including phenoxy) is 1. The second kappa shape index (κ2) is 10.7. The highest BCUT2D eigenvalue weighted by Gasteiger charge is 2.44. The molecule has 0 aliphatic heterocycles. The Bertz CT molecular complexity index is 669. The van der Waals surface area contributed by atoms with E-state index in [9.17, 15) is 14.6 Å². The molecule has 9 heteroatoms. The molecule has 0 amide bonds. The molecule has 1 aliphatic carbocycles. The molecule has 3 rings (SSSR count). The summed E-state index contributed by atoms with van der Waals surface area (Å²) in [6.07, 6.45) is 3.98. The first kappa shape index (κ1) is 23.5. The Morgan fingerprint density at radius 3 is 2.37 bits per heavy atom. The molecule has 1 aliphatic rings. The fraction of sp³-hybridized carbons (Fsp3) is 0.444. The molecular weight excluding hydrogens is 396 g/mol. The van der Waals surface area contributed by atoms with E-state index in [0.29, 0.717) is 38.4 Å². The third-order valence-electron chi connectivity index (χ3n) is 4.54. The topological polar surface area (TPSA) is 87.5 Å². The fourth-order valence-electron chi connectivity index (χ4n) is 3.22. The van der Waals surface area contributed by atoms with E-state index in [0.717, 1.165) is 5.56 Å². The summed E-state index contributed by atoms with van der Waals surface area (Å²) >= 11 is 0. The minimum atomic E-state index is -0.766. The van der Waals surface area contributed by atoms with E-state index in [1.54, 1.807) is 24.5 Å². The van der Waals surface area contributed by atoms with E-state index in [4.69, 9.17) is 4.74 Å². The van der Waals surface area contributed by atoms with Gasteiger partial charge in [-0.25, -0.2) is 9.37 Å². The molecule has 1 aromatic carbocycles. The second-order valence-electron chi connectivity index (χ2n) is 6.61. The lowest BCUT2D eigenvalue weighted by Gasteiger charge is -2.29. The Hall–Kier alpha value is -1.51. The second-order valence-corrected chi connectivity index (χ2v) is 6.61. The van der Waals surface area contributed by atoms with Crippen LogP contribution in [0.15, 0.2) is 42.9 Å². The summed E-state index contributed by atoms with van der Waals surface area (Å²) < 4.78 is 18.7. The van der Waals surface area contributed by atoms with Gasteiger partial charge in [0.05, 0.1) is 25.0 Å². The number of hydrogen-bond donors (Lipinski definition) is 3. The van der Waals surface area contributed by atoms with Crippen LogP contribution in [0, 0.1) is 11.2 Å². The van der Waals surface area contributed by atoms with Gasteiger partial charge in [-0.2, -0.15) is 0 Å². The lowest BCUT2D eigenvalue weighted by Crippen LogP contribution is -2.38. The van der Waals surface area contributed by atoms with Crippen LogP contribution < -0.4 is 10.1 Å². The zero-order valence-corrected chi connectivity index (χ0v) is 16.3. The summed E-state index contributed by atoms with van der Waals surface area (Å²) in [4.78, 5) is 8.04. The van der Waals surface area contributed by atoms with Gasteiger partial charge >= 0.3 is 0 Å². The van der Waals surface area contributed by atoms with Gasteiger partial charge in [0.2, 0.25) is 5.88 Å². The van der Waals surface area contributed by atoms with Crippen LogP contribution in [0.3, 0.4) is 0 Å². The summed E-state index contributed by atoms with van der Waals surface area (Å²) in [5, 5.41) is 23.3. The zero-order chi connectivity index (χ0) is 17.7. The van der Waals surface area contributed by atoms with Crippen molar-refractivity contribution in [2.24, 2.45) is 5.41 Å². The van der Waals surface area contributed by atoms with Crippen LogP contribution in [-0.4, -0.2) is 45.5 Å². The van der Waals surface area contributed by atoms with Crippen molar-refractivity contribution in [3.05, 3.63) is 54.2 Å². The molecular formula is C18H24Cl2FN3O3. The zero-order valence-electron chi connectivity index (χ0n) is 14.6. The third-order valence-corrected chi connectivity index (χ3v) is 4.54. The highest BCUT2D eigenvalue weighted by Crippen LogP contribution is 2.38. The smallest absolute Gasteiger partial charge is 0.232 e. The number of nitrogens with one attached hydrogen (secondary N) is 1. The fourth-order valence-corrected chi connectivity index (χ4v) is 3.22. The van der Waals surface area contributed by atoms with E-state index in [1.165, 1.54) is 18.3 Å². The highest BCUT2D eigenvalue weighted by atomic mass is 35.5. The third kappa shape index (κ3) is 6.55. The maximum atomic E-state index is 13.0. The summed E-state index contributed by atoms with van der Waals surface area (Å²) in [7, 11) is 0. The average molecular weight is 420 g/mol. The molecule has 1 aromatic heterocycles. The van der Waals surface area contributed by atoms with Crippen LogP contribution in [0.4, 0.5) is 4.39 Å². The normalized spacial score (nSPS) is 24.0. The molecule has 0 spiro atoms. The molecule has 3 atom stereocenters. The predicted octanol–water partition coefficient (Wildman–Crippen LogP) is 2.13. The predicted molar refractivity (Wildman–Crippen MR) is 104 cm³/mol. The van der Waals surface area contributed by atoms with Gasteiger partial charge in [-0.1, -0.05) is 12.1 Å². The van der Waals surface area contributed by atoms with Crippen molar-refractivity contribution in [1.29, 1.82) is 0 Å². The van der Waals surface area contributed by atoms with E-state index in [1.807, 2.05) is 0 Å². The molecule has 1 heterocycles. The minimum absolute atomic E-state index is 0. The molecule has 1 saturated carbocycles. The van der Waals surface area contributed by atoms with Gasteiger partial charge in [0.25, 0.3) is 0 Å². The maximum absolute atomic E-state index is 13.0. The largest absolute Gasteiger partial charge is 0.476 e. The molecule has 0 saturated heterocycles. The lowest BCUT2D eigenvalue weighted by atomic mass is 9.86. The number of nitrogens with zero attached hydrogens (tertiary/aromatic N) is 2. The molecule has 1 unspecified atom stereocenters. The van der Waals surface area contributed by atoms with E-state index < -0.39 is 17.6 Å². The van der Waals surface area contributed by atoms with Crippen molar-refractivity contribution in [2.75, 3.05) is 13.2 Å². The number of hydrogen-bond acceptors (Lipinski definition) is 6. The van der Waals surface area contributed by atoms with Crippen LogP contribution in [-0.2, 0) is 6.54 Å². The lowest BCUT2D eigenvalue weighted by molar-refractivity contribution is 0.0438. The highest BCUT2D eigenvalue weighted by molar-refractivity contribution is 5.85. The van der Waals surface area contributed by atoms with Crippen LogP contribution in [0.1, 0.15) is 18.4 Å². The molecule has 0 radical (unpaired) electrons. The monoisotopic (exact) mass is 419 g/mol. The van der Waals surface area contributed by atoms with Crippen molar-refractivity contribution in [2.45, 2.75) is 31.6 Å². The van der Waals surface area contributed by atoms with Crippen molar-refractivity contribution >= 4 is 24.8 Å². The minimum Gasteiger partial charge on any atom is -0.476 e. The standard InChI is InChI=1S/C18H22FN3O3.2ClH/c19-14-3-1-13(2-4-14)9-21-11-18(7-15(23)16(24)8-18)12-25-17-10-20-5-6-22-17;;/h1-6,10,15-16,21,23-24H,7-9,11-12H2;2*1H/t15-,16+,18?;;. The average Bonchev–Trinajstić information content (AvgIpc) is 2.90. The van der Waals surface area contributed by atoms with Gasteiger partial charge in [0.1, 0.15) is 5.82 Å². The molecule has 150 valence electrons. The van der Waals surface area contributed by atoms with Gasteiger partial charge in [-0.15, -0.1) is 24.8 Å². The van der Waals surface area contributed by atoms with Crippen molar-refractivity contribution in [3.8, 4) is 5.88 Å². The quantitative estimate of drug-likeness (QED) is 0.636. The first-order valence-electron chi connectivity index (χ1n) is 8.26. The van der Waals surface area contributed by atoms with Crippen molar-refractivity contribution in [3.63, 3.8) is 0 Å². The van der Waals surface area contributed by atoms with Crippen LogP contribution in [0.25, 0.3) is 0 Å². The Kier molecular flexibility index (Phi) is 9.35. The maximum Gasteiger partial charge on any atom is 0.232 e. The Morgan fingerprint density at radius 2 is 1.78 bits per heavy atom. The molecule has 6 nitrogen and oxygen atoms in total. The first-order valence-corrected chi connectivity index (χ1v) is 8.26. The van der Waals surface area contributed by atoms with Gasteiger partial charge in [0.15, 0.2) is 0 Å². The van der Waals surface area contributed by atoms with E-state index in [-0.39, 0.29) is 30.6 Å². The van der Waals surface area contributed by atoms with Crippen LogP contribution >= 0.6 is 24.8 Å². The number of aliphatic hydroxyl groups excluding tert-OH is 2. The van der Waals surface area contributed by atoms with E-state index in [2.05, 4.69) is 15.3 Å². The van der Waals surface area contributed by atoms with Gasteiger partial charge < -0.3 is 20.3 Å². The van der Waals surface area contributed by atoms with Crippen LogP contribution in [0.2, 0.25) is 0 Å². The molecule has 0 bridgehead atoms. The van der Waals surface area contributed by atoms with Crippen molar-refractivity contribution < 1.29 is 19.3 Å². The van der Waals surface area contributed by atoms with Gasteiger partial charge in [0, 0.05) is 30.9 Å². The van der Waals surface area contributed by atoms with Gasteiger partial charge in [-0.3, -0.25) is 4.98 Å². The Balaban J connectivity index is 0.00000182. The molecule has 27 heavy (non-hydrogen) atoms. The number of aliphatic hydroxyl groups is 2. The SMILES string of the molecule is Cl.Cl.O[C@@H]1CC(CNCc2ccc(F)cc2)(COc2cnccn2)C[C@@H]1O. The van der Waals surface area contributed by atoms with E-state index >= 15 is 0 Å². The first-order chi connectivity index (χ1) is 12.1. The summed E-state index contributed by atoms with van der Waals surface area (Å²) in [5.41, 5.74) is 0.557. The van der Waals surface area contributed by atoms with Crippen LogP contribution in [0.5, 0.6) is 5.88 Å². The molecule has 1 fully saturated rings. The number of rotatable bonds is 7. The number of halogens is 3. The summed E-state index contributed by atoms with van der Waals surface area (Å²) in [6, 6.07) is 6.30. The molecule has 3 N–H and O–H groups in total. The number of aromatic nitrogens is 2. The Morgan fingerprint density at radius 1 is 1.11 bits per heavy atom. The van der Waals surface area contributed by atoms with Crippen molar-refractivity contribution in [1.82, 2.24) is 15.3 Å².